The van der Waals surface area contributed by atoms with Crippen LogP contribution in [-0.2, 0) is 9.59 Å². The smallest absolute Gasteiger partial charge is 0.217 e. The van der Waals surface area contributed by atoms with Gasteiger partial charge < -0.3 is 11.1 Å². The first-order chi connectivity index (χ1) is 4.70. The van der Waals surface area contributed by atoms with E-state index in [-0.39, 0.29) is 12.5 Å². The Morgan fingerprint density at radius 2 is 2.40 bits per heavy atom. The second-order valence-corrected chi connectivity index (χ2v) is 1.96. The van der Waals surface area contributed by atoms with Crippen molar-refractivity contribution in [3.8, 4) is 0 Å². The maximum atomic E-state index is 10.2. The maximum absolute atomic E-state index is 10.2. The van der Waals surface area contributed by atoms with Crippen molar-refractivity contribution in [3.63, 3.8) is 0 Å². The summed E-state index contributed by atoms with van der Waals surface area (Å²) in [5.41, 5.74) is 4.85. The molecular weight excluding hydrogens is 132 g/mol. The summed E-state index contributed by atoms with van der Waals surface area (Å²) < 4.78 is 0. The van der Waals surface area contributed by atoms with E-state index >= 15 is 0 Å². The first-order valence-corrected chi connectivity index (χ1v) is 3.04. The van der Waals surface area contributed by atoms with Gasteiger partial charge in [0.2, 0.25) is 12.2 Å². The normalized spacial score (nSPS) is 12.5. The summed E-state index contributed by atoms with van der Waals surface area (Å²) in [4.78, 5) is 20.2. The van der Waals surface area contributed by atoms with Crippen LogP contribution in [-0.4, -0.2) is 25.3 Å². The van der Waals surface area contributed by atoms with Gasteiger partial charge in [0.15, 0.2) is 0 Å². The van der Waals surface area contributed by atoms with Gasteiger partial charge in [0.1, 0.15) is 0 Å². The van der Waals surface area contributed by atoms with Gasteiger partial charge in [0, 0.05) is 6.42 Å². The molecule has 1 radical (unpaired) electrons. The van der Waals surface area contributed by atoms with Crippen molar-refractivity contribution in [1.29, 1.82) is 0 Å². The van der Waals surface area contributed by atoms with Gasteiger partial charge in [-0.25, -0.2) is 0 Å². The second kappa shape index (κ2) is 4.93. The first-order valence-electron chi connectivity index (χ1n) is 3.04. The van der Waals surface area contributed by atoms with Crippen molar-refractivity contribution in [2.45, 2.75) is 18.9 Å². The number of rotatable bonds is 5. The number of nitrogens with one attached hydrogen (secondary N) is 1. The highest BCUT2D eigenvalue weighted by molar-refractivity contribution is 5.74. The van der Waals surface area contributed by atoms with E-state index in [1.165, 1.54) is 0 Å². The molecule has 0 spiro atoms. The largest absolute Gasteiger partial charge is 0.370 e. The third-order valence-corrected chi connectivity index (χ3v) is 1.17. The molecular formula is C6H11N2O2. The molecule has 0 unspecified atom stereocenters. The summed E-state index contributed by atoms with van der Waals surface area (Å²) in [6.07, 6.45) is 2.39. The highest BCUT2D eigenvalue weighted by Crippen LogP contribution is 1.91. The zero-order chi connectivity index (χ0) is 7.98. The molecule has 3 N–H and O–H groups in total. The molecule has 0 rings (SSSR count). The molecule has 0 fully saturated rings. The topological polar surface area (TPSA) is 72.2 Å². The first kappa shape index (κ1) is 9.10. The number of hydrogen-bond acceptors (Lipinski definition) is 3. The van der Waals surface area contributed by atoms with Gasteiger partial charge in [0.25, 0.3) is 0 Å². The molecule has 1 atom stereocenters. The van der Waals surface area contributed by atoms with E-state index < -0.39 is 5.91 Å². The lowest BCUT2D eigenvalue weighted by atomic mass is 10.2. The van der Waals surface area contributed by atoms with Gasteiger partial charge >= 0.3 is 0 Å². The number of hydrogen-bond donors (Lipinski definition) is 2. The van der Waals surface area contributed by atoms with Gasteiger partial charge in [0.05, 0.1) is 6.04 Å². The van der Waals surface area contributed by atoms with E-state index in [0.29, 0.717) is 6.42 Å². The standard InChI is InChI=1S/C6H11N2O2/c1-8-5(4-9)2-3-6(7)10/h5,8H,2-3H2,1H3,(H2,7,10)/t5-/m0/s1. The molecule has 0 aromatic carbocycles. The second-order valence-electron chi connectivity index (χ2n) is 1.96. The summed E-state index contributed by atoms with van der Waals surface area (Å²) in [6, 6.07) is -0.368. The lowest BCUT2D eigenvalue weighted by Gasteiger charge is -2.04. The lowest BCUT2D eigenvalue weighted by Crippen LogP contribution is -2.28. The van der Waals surface area contributed by atoms with Crippen LogP contribution in [0.3, 0.4) is 0 Å². The Hall–Kier alpha value is -0.900. The third kappa shape index (κ3) is 4.03. The van der Waals surface area contributed by atoms with E-state index in [9.17, 15) is 9.59 Å². The minimum Gasteiger partial charge on any atom is -0.370 e. The predicted molar refractivity (Wildman–Crippen MR) is 37.0 cm³/mol. The molecule has 0 aromatic heterocycles. The number of likely N-dealkylation sites (N-methyl/N-ethyl adjacent to an activating group) is 1. The number of nitrogens with two attached hydrogens (primary N) is 1. The molecule has 0 bridgehead atoms. The fraction of sp³-hybridized carbons (Fsp3) is 0.667. The summed E-state index contributed by atoms with van der Waals surface area (Å²) in [5, 5.41) is 2.68. The van der Waals surface area contributed by atoms with Crippen molar-refractivity contribution in [1.82, 2.24) is 5.32 Å². The highest BCUT2D eigenvalue weighted by Gasteiger charge is 2.05. The number of amides is 1. The fourth-order valence-corrected chi connectivity index (χ4v) is 0.549. The number of carbonyl (C=O) groups is 1. The molecule has 4 nitrogen and oxygen atoms in total. The van der Waals surface area contributed by atoms with Crippen LogP contribution in [0.25, 0.3) is 0 Å². The van der Waals surface area contributed by atoms with Crippen molar-refractivity contribution in [2.75, 3.05) is 7.05 Å². The Balaban J connectivity index is 3.44. The molecule has 10 heavy (non-hydrogen) atoms. The van der Waals surface area contributed by atoms with Crippen LogP contribution in [0.4, 0.5) is 0 Å². The van der Waals surface area contributed by atoms with Crippen LogP contribution in [0.1, 0.15) is 12.8 Å². The molecule has 57 valence electrons. The van der Waals surface area contributed by atoms with E-state index in [2.05, 4.69) is 5.32 Å². The lowest BCUT2D eigenvalue weighted by molar-refractivity contribution is -0.118. The Labute approximate surface area is 59.8 Å². The van der Waals surface area contributed by atoms with Gasteiger partial charge in [-0.1, -0.05) is 0 Å². The van der Waals surface area contributed by atoms with Crippen LogP contribution in [0, 0.1) is 0 Å². The predicted octanol–water partition coefficient (Wildman–Crippen LogP) is -1.05. The van der Waals surface area contributed by atoms with Crippen molar-refractivity contribution in [2.24, 2.45) is 5.73 Å². The van der Waals surface area contributed by atoms with E-state index in [1.54, 1.807) is 13.3 Å². The van der Waals surface area contributed by atoms with Crippen molar-refractivity contribution >= 4 is 12.2 Å². The van der Waals surface area contributed by atoms with Crippen LogP contribution in [0.5, 0.6) is 0 Å². The maximum Gasteiger partial charge on any atom is 0.217 e. The average Bonchev–Trinajstić information content (AvgIpc) is 1.90. The van der Waals surface area contributed by atoms with Gasteiger partial charge in [-0.2, -0.15) is 0 Å². The third-order valence-electron chi connectivity index (χ3n) is 1.17. The van der Waals surface area contributed by atoms with E-state index in [0.717, 1.165) is 0 Å². The van der Waals surface area contributed by atoms with E-state index in [4.69, 9.17) is 5.73 Å². The minimum atomic E-state index is -0.393. The molecule has 0 aliphatic heterocycles. The van der Waals surface area contributed by atoms with Crippen molar-refractivity contribution in [3.05, 3.63) is 0 Å². The Morgan fingerprint density at radius 1 is 1.80 bits per heavy atom. The SMILES string of the molecule is CN[C@H]([C]=O)CCC(N)=O. The summed E-state index contributed by atoms with van der Waals surface area (Å²) >= 11 is 0. The highest BCUT2D eigenvalue weighted by atomic mass is 16.1. The zero-order valence-corrected chi connectivity index (χ0v) is 5.89. The monoisotopic (exact) mass is 143 g/mol. The minimum absolute atomic E-state index is 0.223. The quantitative estimate of drug-likeness (QED) is 0.515. The van der Waals surface area contributed by atoms with E-state index in [1.807, 2.05) is 0 Å². The van der Waals surface area contributed by atoms with Gasteiger partial charge in [-0.05, 0) is 13.5 Å². The van der Waals surface area contributed by atoms with Gasteiger partial charge in [-0.3, -0.25) is 9.59 Å². The molecule has 0 aromatic rings. The summed E-state index contributed by atoms with van der Waals surface area (Å²) in [5.74, 6) is -0.393. The summed E-state index contributed by atoms with van der Waals surface area (Å²) in [6.45, 7) is 0. The summed E-state index contributed by atoms with van der Waals surface area (Å²) in [7, 11) is 1.64. The Morgan fingerprint density at radius 3 is 2.70 bits per heavy atom. The van der Waals surface area contributed by atoms with Crippen LogP contribution in [0.2, 0.25) is 0 Å². The number of primary amides is 1. The van der Waals surface area contributed by atoms with Crippen molar-refractivity contribution < 1.29 is 9.59 Å². The molecule has 4 heteroatoms. The molecule has 1 amide bonds. The fourth-order valence-electron chi connectivity index (χ4n) is 0.549. The average molecular weight is 143 g/mol. The van der Waals surface area contributed by atoms with Crippen LogP contribution >= 0.6 is 0 Å². The van der Waals surface area contributed by atoms with Crippen LogP contribution in [0.15, 0.2) is 0 Å². The Bertz CT molecular complexity index is 125. The number of carbonyl (C=O) groups excluding carboxylic acids is 2. The van der Waals surface area contributed by atoms with Gasteiger partial charge in [-0.15, -0.1) is 0 Å². The molecule has 0 aliphatic carbocycles. The molecule has 0 heterocycles. The molecule has 0 aliphatic rings. The zero-order valence-electron chi connectivity index (χ0n) is 5.89. The van der Waals surface area contributed by atoms with Crippen LogP contribution < -0.4 is 11.1 Å². The molecule has 0 saturated heterocycles. The Kier molecular flexibility index (Phi) is 4.49. The molecule has 0 saturated carbocycles.